The molecule has 0 fully saturated rings. The van der Waals surface area contributed by atoms with E-state index in [1.54, 1.807) is 12.1 Å². The van der Waals surface area contributed by atoms with Gasteiger partial charge in [0.15, 0.2) is 11.6 Å². The highest BCUT2D eigenvalue weighted by Crippen LogP contribution is 2.20. The van der Waals surface area contributed by atoms with Crippen molar-refractivity contribution in [3.05, 3.63) is 29.6 Å². The molecule has 0 spiro atoms. The molecule has 1 amide bonds. The van der Waals surface area contributed by atoms with Crippen molar-refractivity contribution >= 4 is 5.91 Å². The summed E-state index contributed by atoms with van der Waals surface area (Å²) in [5.41, 5.74) is 0.672. The van der Waals surface area contributed by atoms with Crippen LogP contribution in [0.3, 0.4) is 0 Å². The van der Waals surface area contributed by atoms with Gasteiger partial charge in [0.2, 0.25) is 5.91 Å². The molecule has 0 radical (unpaired) electrons. The summed E-state index contributed by atoms with van der Waals surface area (Å²) in [4.78, 5) is 11.7. The first-order chi connectivity index (χ1) is 9.17. The van der Waals surface area contributed by atoms with E-state index in [0.717, 1.165) is 5.56 Å². The molecule has 0 aliphatic heterocycles. The summed E-state index contributed by atoms with van der Waals surface area (Å²) in [6, 6.07) is 4.76. The minimum Gasteiger partial charge on any atom is -0.488 e. The number of carbonyl (C=O) groups excluding carboxylic acids is 1. The molecule has 0 aromatic heterocycles. The molecule has 0 bridgehead atoms. The van der Waals surface area contributed by atoms with Gasteiger partial charge < -0.3 is 10.1 Å². The standard InChI is InChI=1S/C16H24FNO2/c1-11(2)20-14-7-6-12(8-13(14)17)10-18-15(19)9-16(3,4)5/h6-8,11H,9-10H2,1-5H3,(H,18,19). The largest absolute Gasteiger partial charge is 0.488 e. The van der Waals surface area contributed by atoms with Crippen LogP contribution in [0.2, 0.25) is 0 Å². The summed E-state index contributed by atoms with van der Waals surface area (Å²) in [6.45, 7) is 10.0. The lowest BCUT2D eigenvalue weighted by Gasteiger charge is -2.17. The van der Waals surface area contributed by atoms with Crippen LogP contribution in [-0.2, 0) is 11.3 Å². The molecule has 0 saturated carbocycles. The van der Waals surface area contributed by atoms with Crippen LogP contribution in [0.1, 0.15) is 46.6 Å². The van der Waals surface area contributed by atoms with Crippen LogP contribution >= 0.6 is 0 Å². The van der Waals surface area contributed by atoms with E-state index >= 15 is 0 Å². The quantitative estimate of drug-likeness (QED) is 0.894. The summed E-state index contributed by atoms with van der Waals surface area (Å²) >= 11 is 0. The third kappa shape index (κ3) is 6.04. The normalized spacial score (nSPS) is 11.6. The molecule has 1 N–H and O–H groups in total. The van der Waals surface area contributed by atoms with Crippen LogP contribution in [0.4, 0.5) is 4.39 Å². The third-order valence-corrected chi connectivity index (χ3v) is 2.54. The Balaban J connectivity index is 2.57. The Labute approximate surface area is 120 Å². The van der Waals surface area contributed by atoms with E-state index in [0.29, 0.717) is 13.0 Å². The molecule has 112 valence electrons. The molecule has 4 heteroatoms. The topological polar surface area (TPSA) is 38.3 Å². The van der Waals surface area contributed by atoms with Crippen molar-refractivity contribution in [3.63, 3.8) is 0 Å². The van der Waals surface area contributed by atoms with Crippen LogP contribution in [-0.4, -0.2) is 12.0 Å². The van der Waals surface area contributed by atoms with Crippen LogP contribution in [0.15, 0.2) is 18.2 Å². The fourth-order valence-corrected chi connectivity index (χ4v) is 1.75. The van der Waals surface area contributed by atoms with Crippen molar-refractivity contribution in [1.82, 2.24) is 5.32 Å². The number of rotatable bonds is 5. The van der Waals surface area contributed by atoms with E-state index in [2.05, 4.69) is 5.32 Å². The van der Waals surface area contributed by atoms with Crippen molar-refractivity contribution in [2.45, 2.75) is 53.7 Å². The molecule has 0 heterocycles. The maximum absolute atomic E-state index is 13.8. The number of carbonyl (C=O) groups is 1. The average Bonchev–Trinajstić information content (AvgIpc) is 2.27. The second kappa shape index (κ2) is 6.73. The maximum Gasteiger partial charge on any atom is 0.220 e. The van der Waals surface area contributed by atoms with Gasteiger partial charge in [-0.2, -0.15) is 0 Å². The second-order valence-corrected chi connectivity index (χ2v) is 6.45. The highest BCUT2D eigenvalue weighted by atomic mass is 19.1. The Morgan fingerprint density at radius 1 is 1.35 bits per heavy atom. The van der Waals surface area contributed by atoms with E-state index in [1.807, 2.05) is 34.6 Å². The molecular formula is C16H24FNO2. The molecule has 1 aromatic rings. The first-order valence-corrected chi connectivity index (χ1v) is 6.89. The van der Waals surface area contributed by atoms with Crippen LogP contribution < -0.4 is 10.1 Å². The van der Waals surface area contributed by atoms with Crippen molar-refractivity contribution < 1.29 is 13.9 Å². The zero-order chi connectivity index (χ0) is 15.3. The SMILES string of the molecule is CC(C)Oc1ccc(CNC(=O)CC(C)(C)C)cc1F. The smallest absolute Gasteiger partial charge is 0.220 e. The van der Waals surface area contributed by atoms with Gasteiger partial charge in [0.25, 0.3) is 0 Å². The molecule has 0 saturated heterocycles. The van der Waals surface area contributed by atoms with Crippen molar-refractivity contribution in [1.29, 1.82) is 0 Å². The van der Waals surface area contributed by atoms with Gasteiger partial charge in [-0.3, -0.25) is 4.79 Å². The Kier molecular flexibility index (Phi) is 5.54. The highest BCUT2D eigenvalue weighted by Gasteiger charge is 2.15. The molecule has 0 unspecified atom stereocenters. The molecule has 0 aliphatic carbocycles. The molecule has 1 aromatic carbocycles. The number of nitrogens with one attached hydrogen (secondary N) is 1. The van der Waals surface area contributed by atoms with Gasteiger partial charge in [0, 0.05) is 13.0 Å². The summed E-state index contributed by atoms with van der Waals surface area (Å²) < 4.78 is 19.1. The molecule has 0 aliphatic rings. The van der Waals surface area contributed by atoms with Crippen LogP contribution in [0, 0.1) is 11.2 Å². The zero-order valence-electron chi connectivity index (χ0n) is 12.9. The first-order valence-electron chi connectivity index (χ1n) is 6.89. The Bertz CT molecular complexity index is 464. The fraction of sp³-hybridized carbons (Fsp3) is 0.562. The van der Waals surface area contributed by atoms with Gasteiger partial charge >= 0.3 is 0 Å². The molecular weight excluding hydrogens is 257 g/mol. The van der Waals surface area contributed by atoms with E-state index in [-0.39, 0.29) is 23.2 Å². The highest BCUT2D eigenvalue weighted by molar-refractivity contribution is 5.76. The lowest BCUT2D eigenvalue weighted by molar-refractivity contribution is -0.122. The summed E-state index contributed by atoms with van der Waals surface area (Å²) in [7, 11) is 0. The Hall–Kier alpha value is -1.58. The Morgan fingerprint density at radius 3 is 2.50 bits per heavy atom. The van der Waals surface area contributed by atoms with Crippen molar-refractivity contribution in [3.8, 4) is 5.75 Å². The monoisotopic (exact) mass is 281 g/mol. The predicted octanol–water partition coefficient (Wildman–Crippen LogP) is 3.67. The average molecular weight is 281 g/mol. The van der Waals surface area contributed by atoms with Gasteiger partial charge in [-0.15, -0.1) is 0 Å². The lowest BCUT2D eigenvalue weighted by Crippen LogP contribution is -2.27. The number of amides is 1. The summed E-state index contributed by atoms with van der Waals surface area (Å²) in [5, 5.41) is 2.80. The van der Waals surface area contributed by atoms with E-state index in [9.17, 15) is 9.18 Å². The van der Waals surface area contributed by atoms with E-state index in [4.69, 9.17) is 4.74 Å². The van der Waals surface area contributed by atoms with Crippen molar-refractivity contribution in [2.24, 2.45) is 5.41 Å². The lowest BCUT2D eigenvalue weighted by atomic mass is 9.92. The van der Waals surface area contributed by atoms with Gasteiger partial charge in [-0.25, -0.2) is 4.39 Å². The number of ether oxygens (including phenoxy) is 1. The number of benzene rings is 1. The van der Waals surface area contributed by atoms with E-state index < -0.39 is 5.82 Å². The third-order valence-electron chi connectivity index (χ3n) is 2.54. The van der Waals surface area contributed by atoms with E-state index in [1.165, 1.54) is 6.07 Å². The van der Waals surface area contributed by atoms with Crippen LogP contribution in [0.5, 0.6) is 5.75 Å². The second-order valence-electron chi connectivity index (χ2n) is 6.45. The number of hydrogen-bond donors (Lipinski definition) is 1. The maximum atomic E-state index is 13.8. The zero-order valence-corrected chi connectivity index (χ0v) is 12.9. The molecule has 1 rings (SSSR count). The predicted molar refractivity (Wildman–Crippen MR) is 78.1 cm³/mol. The van der Waals surface area contributed by atoms with Gasteiger partial charge in [0.05, 0.1) is 6.10 Å². The molecule has 20 heavy (non-hydrogen) atoms. The number of hydrogen-bond acceptors (Lipinski definition) is 2. The van der Waals surface area contributed by atoms with Gasteiger partial charge in [-0.05, 0) is 37.0 Å². The fourth-order valence-electron chi connectivity index (χ4n) is 1.75. The van der Waals surface area contributed by atoms with Gasteiger partial charge in [-0.1, -0.05) is 26.8 Å². The van der Waals surface area contributed by atoms with Gasteiger partial charge in [0.1, 0.15) is 0 Å². The minimum atomic E-state index is -0.402. The Morgan fingerprint density at radius 2 is 2.00 bits per heavy atom. The summed E-state index contributed by atoms with van der Waals surface area (Å²) in [6.07, 6.45) is 0.381. The molecule has 0 atom stereocenters. The summed E-state index contributed by atoms with van der Waals surface area (Å²) in [5.74, 6) is -0.188. The van der Waals surface area contributed by atoms with Crippen LogP contribution in [0.25, 0.3) is 0 Å². The van der Waals surface area contributed by atoms with Crippen molar-refractivity contribution in [2.75, 3.05) is 0 Å². The molecule has 3 nitrogen and oxygen atoms in total. The first kappa shape index (κ1) is 16.5. The minimum absolute atomic E-state index is 0.0274. The number of halogens is 1.